The van der Waals surface area contributed by atoms with Crippen LogP contribution in [0.3, 0.4) is 0 Å². The average Bonchev–Trinajstić information content (AvgIpc) is 2.25. The zero-order chi connectivity index (χ0) is 14.1. The lowest BCUT2D eigenvalue weighted by atomic mass is 9.78. The van der Waals surface area contributed by atoms with Gasteiger partial charge in [0.2, 0.25) is 0 Å². The summed E-state index contributed by atoms with van der Waals surface area (Å²) in [4.78, 5) is 3.29. The van der Waals surface area contributed by atoms with E-state index in [-0.39, 0.29) is 18.2 Å². The second kappa shape index (κ2) is 4.79. The first-order valence-corrected chi connectivity index (χ1v) is 4.33. The minimum absolute atomic E-state index is 0.104. The van der Waals surface area contributed by atoms with Crippen molar-refractivity contribution < 1.29 is 41.4 Å². The van der Waals surface area contributed by atoms with Gasteiger partial charge in [0, 0.05) is 0 Å². The van der Waals surface area contributed by atoms with E-state index in [1.165, 1.54) is 0 Å². The fraction of sp³-hybridized carbons (Fsp3) is 0.250. The van der Waals surface area contributed by atoms with Crippen LogP contribution in [0.2, 0.25) is 0 Å². The molecule has 10 heteroatoms. The Kier molecular flexibility index (Phi) is 3.94. The van der Waals surface area contributed by atoms with Crippen molar-refractivity contribution in [1.29, 1.82) is 0 Å². The number of hydrogen-bond acceptors (Lipinski definition) is 3. The zero-order valence-corrected chi connectivity index (χ0v) is 8.38. The Balaban J connectivity index is 3.39. The van der Waals surface area contributed by atoms with Gasteiger partial charge >= 0.3 is 19.5 Å². The summed E-state index contributed by atoms with van der Waals surface area (Å²) in [7, 11) is -2.30. The van der Waals surface area contributed by atoms with Gasteiger partial charge in [-0.1, -0.05) is 12.1 Å². The molecule has 100 valence electrons. The number of alkyl halides is 6. The second-order valence-electron chi connectivity index (χ2n) is 3.30. The third-order valence-corrected chi connectivity index (χ3v) is 1.99. The quantitative estimate of drug-likeness (QED) is 0.375. The first-order valence-electron chi connectivity index (χ1n) is 4.33. The molecule has 2 N–H and O–H groups in total. The van der Waals surface area contributed by atoms with E-state index in [1.54, 1.807) is 0 Å². The molecule has 0 aliphatic carbocycles. The Morgan fingerprint density at radius 1 is 0.889 bits per heavy atom. The molecule has 0 aliphatic rings. The minimum atomic E-state index is -5.02. The van der Waals surface area contributed by atoms with Crippen LogP contribution in [0.1, 0.15) is 11.1 Å². The largest absolute Gasteiger partial charge is 0.522 e. The van der Waals surface area contributed by atoms with Gasteiger partial charge in [0.05, 0.1) is 11.1 Å². The van der Waals surface area contributed by atoms with Crippen molar-refractivity contribution in [1.82, 2.24) is 0 Å². The molecule has 0 amide bonds. The van der Waals surface area contributed by atoms with Crippen molar-refractivity contribution in [3.63, 3.8) is 0 Å². The van der Waals surface area contributed by atoms with Crippen LogP contribution in [0, 0.1) is 0 Å². The molecule has 0 bridgehead atoms. The van der Waals surface area contributed by atoms with Gasteiger partial charge in [-0.3, -0.25) is 10.1 Å². The lowest BCUT2D eigenvalue weighted by Crippen LogP contribution is -2.34. The molecular weight excluding hydrogens is 269 g/mol. The molecule has 0 heterocycles. The summed E-state index contributed by atoms with van der Waals surface area (Å²) >= 11 is 0. The molecule has 3 nitrogen and oxygen atoms in total. The Morgan fingerprint density at radius 2 is 1.28 bits per heavy atom. The molecule has 0 saturated heterocycles. The van der Waals surface area contributed by atoms with Crippen LogP contribution in [0.15, 0.2) is 18.2 Å². The maximum atomic E-state index is 12.4. The first kappa shape index (κ1) is 14.8. The van der Waals surface area contributed by atoms with Gasteiger partial charge in [-0.25, -0.2) is 0 Å². The van der Waals surface area contributed by atoms with Crippen LogP contribution >= 0.6 is 0 Å². The van der Waals surface area contributed by atoms with Crippen molar-refractivity contribution in [3.05, 3.63) is 29.3 Å². The molecule has 0 fully saturated rings. The van der Waals surface area contributed by atoms with Crippen LogP contribution in [-0.2, 0) is 17.2 Å². The highest BCUT2D eigenvalue weighted by molar-refractivity contribution is 6.59. The summed E-state index contributed by atoms with van der Waals surface area (Å²) in [6, 6.07) is 0.389. The van der Waals surface area contributed by atoms with E-state index in [0.29, 0.717) is 0 Å². The van der Waals surface area contributed by atoms with Gasteiger partial charge in [-0.15, -0.1) is 0 Å². The highest BCUT2D eigenvalue weighted by atomic mass is 19.4. The monoisotopic (exact) mass is 274 g/mol. The predicted octanol–water partition coefficient (Wildman–Crippen LogP) is 1.90. The maximum absolute atomic E-state index is 12.4. The normalized spacial score (nSPS) is 12.7. The van der Waals surface area contributed by atoms with Crippen LogP contribution in [-0.4, -0.2) is 17.4 Å². The fourth-order valence-electron chi connectivity index (χ4n) is 1.18. The van der Waals surface area contributed by atoms with Gasteiger partial charge in [-0.2, -0.15) is 26.3 Å². The second-order valence-corrected chi connectivity index (χ2v) is 3.30. The number of benzene rings is 1. The Morgan fingerprint density at radius 3 is 1.56 bits per heavy atom. The first-order chi connectivity index (χ1) is 8.05. The van der Waals surface area contributed by atoms with Crippen molar-refractivity contribution in [2.24, 2.45) is 0 Å². The van der Waals surface area contributed by atoms with Crippen molar-refractivity contribution in [3.8, 4) is 0 Å². The molecular formula is C8H5BF6O3. The van der Waals surface area contributed by atoms with E-state index in [9.17, 15) is 26.3 Å². The van der Waals surface area contributed by atoms with Gasteiger partial charge in [0.25, 0.3) is 0 Å². The van der Waals surface area contributed by atoms with E-state index in [2.05, 4.69) is 4.81 Å². The Labute approximate surface area is 96.7 Å². The van der Waals surface area contributed by atoms with Gasteiger partial charge in [0.15, 0.2) is 0 Å². The molecule has 0 radical (unpaired) electrons. The summed E-state index contributed by atoms with van der Waals surface area (Å²) in [5, 5.41) is 17.0. The number of rotatable bonds is 2. The van der Waals surface area contributed by atoms with Gasteiger partial charge in [0.1, 0.15) is 0 Å². The Hall–Kier alpha value is -1.26. The van der Waals surface area contributed by atoms with E-state index in [4.69, 9.17) is 10.3 Å². The van der Waals surface area contributed by atoms with Crippen molar-refractivity contribution in [2.45, 2.75) is 12.4 Å². The van der Waals surface area contributed by atoms with E-state index < -0.39 is 36.1 Å². The molecule has 0 aromatic heterocycles. The third kappa shape index (κ3) is 3.37. The summed E-state index contributed by atoms with van der Waals surface area (Å²) < 4.78 is 74.1. The average molecular weight is 274 g/mol. The van der Waals surface area contributed by atoms with Crippen LogP contribution in [0.5, 0.6) is 0 Å². The van der Waals surface area contributed by atoms with Gasteiger partial charge in [-0.05, 0) is 11.5 Å². The molecule has 0 spiro atoms. The predicted molar refractivity (Wildman–Crippen MR) is 47.8 cm³/mol. The highest BCUT2D eigenvalue weighted by Crippen LogP contribution is 2.34. The fourth-order valence-corrected chi connectivity index (χ4v) is 1.18. The van der Waals surface area contributed by atoms with E-state index in [0.717, 1.165) is 0 Å². The topological polar surface area (TPSA) is 49.7 Å². The summed E-state index contributed by atoms with van der Waals surface area (Å²) in [6.45, 7) is 0. The minimum Gasteiger partial charge on any atom is -0.422 e. The molecule has 1 aromatic carbocycles. The van der Waals surface area contributed by atoms with Crippen molar-refractivity contribution >= 4 is 12.6 Å². The highest BCUT2D eigenvalue weighted by Gasteiger charge is 2.38. The van der Waals surface area contributed by atoms with E-state index >= 15 is 0 Å². The molecule has 1 rings (SSSR count). The third-order valence-electron chi connectivity index (χ3n) is 1.99. The lowest BCUT2D eigenvalue weighted by Gasteiger charge is -2.14. The smallest absolute Gasteiger partial charge is 0.422 e. The molecule has 0 atom stereocenters. The maximum Gasteiger partial charge on any atom is 0.522 e. The van der Waals surface area contributed by atoms with Crippen LogP contribution in [0.4, 0.5) is 26.3 Å². The zero-order valence-electron chi connectivity index (χ0n) is 8.38. The Bertz CT molecular complexity index is 398. The summed E-state index contributed by atoms with van der Waals surface area (Å²) in [6.07, 6.45) is -10.0. The van der Waals surface area contributed by atoms with Gasteiger partial charge < -0.3 is 5.02 Å². The number of hydrogen-bond donors (Lipinski definition) is 2. The number of halogens is 6. The molecule has 0 saturated carbocycles. The SMILES string of the molecule is OOB(O)c1cc(C(F)(F)F)cc(C(F)(F)F)c1. The lowest BCUT2D eigenvalue weighted by molar-refractivity contribution is -0.154. The molecule has 0 aliphatic heterocycles. The standard InChI is InChI=1S/C8H5BF6O3/c10-7(11,12)4-1-5(8(13,14)15)3-6(2-4)9(16)18-17/h1-3,16-17H. The molecule has 18 heavy (non-hydrogen) atoms. The van der Waals surface area contributed by atoms with E-state index in [1.807, 2.05) is 0 Å². The molecule has 1 aromatic rings. The molecule has 0 unspecified atom stereocenters. The summed E-state index contributed by atoms with van der Waals surface area (Å²) in [5.74, 6) is 0. The summed E-state index contributed by atoms with van der Waals surface area (Å²) in [5.41, 5.74) is -4.08. The van der Waals surface area contributed by atoms with Crippen LogP contribution in [0.25, 0.3) is 0 Å². The van der Waals surface area contributed by atoms with Crippen LogP contribution < -0.4 is 5.46 Å². The van der Waals surface area contributed by atoms with Crippen molar-refractivity contribution in [2.75, 3.05) is 0 Å².